The highest BCUT2D eigenvalue weighted by Gasteiger charge is 2.19. The van der Waals surface area contributed by atoms with Crippen LogP contribution in [0.2, 0.25) is 0 Å². The zero-order chi connectivity index (χ0) is 15.2. The van der Waals surface area contributed by atoms with Crippen LogP contribution in [0.15, 0.2) is 6.33 Å². The molecule has 0 saturated carbocycles. The van der Waals surface area contributed by atoms with Crippen LogP contribution in [0.1, 0.15) is 13.8 Å². The summed E-state index contributed by atoms with van der Waals surface area (Å²) in [6, 6.07) is 0. The molecular weight excluding hydrogens is 284 g/mol. The first-order valence-corrected chi connectivity index (χ1v) is 6.04. The third kappa shape index (κ3) is 3.35. The number of hydrogen-bond acceptors (Lipinski definition) is 9. The molecule has 0 atom stereocenters. The average Bonchev–Trinajstić information content (AvgIpc) is 2.92. The number of nitrogens with zero attached hydrogens (tertiary/aromatic N) is 3. The van der Waals surface area contributed by atoms with Crippen LogP contribution in [0.5, 0.6) is 11.8 Å². The quantitative estimate of drug-likeness (QED) is 0.833. The Balaban J connectivity index is 2.26. The van der Waals surface area contributed by atoms with E-state index in [4.69, 9.17) is 9.47 Å². The number of fused-ring (bicyclic) bond motifs is 1. The lowest BCUT2D eigenvalue weighted by molar-refractivity contribution is 0.0992. The summed E-state index contributed by atoms with van der Waals surface area (Å²) in [4.78, 5) is 29.2. The van der Waals surface area contributed by atoms with E-state index in [2.05, 4.69) is 29.6 Å². The van der Waals surface area contributed by atoms with E-state index in [1.807, 2.05) is 0 Å². The normalized spacial score (nSPS) is 10.2. The summed E-state index contributed by atoms with van der Waals surface area (Å²) in [5.74, 6) is -0.307. The second kappa shape index (κ2) is 6.50. The Morgan fingerprint density at radius 3 is 2.24 bits per heavy atom. The third-order valence-corrected chi connectivity index (χ3v) is 2.17. The van der Waals surface area contributed by atoms with E-state index < -0.39 is 12.3 Å². The van der Waals surface area contributed by atoms with Gasteiger partial charge in [0.15, 0.2) is 5.52 Å². The van der Waals surface area contributed by atoms with Crippen LogP contribution in [-0.4, -0.2) is 45.7 Å². The second-order valence-electron chi connectivity index (χ2n) is 3.51. The van der Waals surface area contributed by atoms with E-state index >= 15 is 0 Å². The molecule has 0 aromatic carbocycles. The van der Waals surface area contributed by atoms with Gasteiger partial charge in [-0.25, -0.2) is 14.6 Å². The smallest absolute Gasteiger partial charge is 0.434 e. The largest absolute Gasteiger partial charge is 0.515 e. The van der Waals surface area contributed by atoms with Gasteiger partial charge in [0, 0.05) is 0 Å². The molecule has 2 heterocycles. The van der Waals surface area contributed by atoms with Crippen LogP contribution in [0, 0.1) is 0 Å². The predicted molar refractivity (Wildman–Crippen MR) is 67.0 cm³/mol. The van der Waals surface area contributed by atoms with Gasteiger partial charge in [0.25, 0.3) is 11.8 Å². The van der Waals surface area contributed by atoms with Crippen LogP contribution >= 0.6 is 0 Å². The number of nitrogens with one attached hydrogen (secondary N) is 1. The number of carbonyl (C=O) groups is 2. The van der Waals surface area contributed by atoms with Crippen LogP contribution in [-0.2, 0) is 9.47 Å². The molecule has 2 aromatic rings. The summed E-state index contributed by atoms with van der Waals surface area (Å²) < 4.78 is 19.0. The van der Waals surface area contributed by atoms with E-state index in [0.717, 1.165) is 0 Å². The molecule has 10 heteroatoms. The molecule has 0 aliphatic rings. The first-order chi connectivity index (χ1) is 10.2. The van der Waals surface area contributed by atoms with Crippen LogP contribution in [0.4, 0.5) is 9.59 Å². The van der Waals surface area contributed by atoms with E-state index in [-0.39, 0.29) is 36.0 Å². The maximum atomic E-state index is 11.3. The molecule has 0 radical (unpaired) electrons. The number of hydrogen-bond donors (Lipinski definition) is 1. The Labute approximate surface area is 118 Å². The average molecular weight is 296 g/mol. The number of aromatic nitrogens is 4. The number of carbonyl (C=O) groups excluding carboxylic acids is 2. The zero-order valence-corrected chi connectivity index (χ0v) is 11.3. The molecule has 0 spiro atoms. The van der Waals surface area contributed by atoms with Crippen molar-refractivity contribution in [1.82, 2.24) is 20.2 Å². The highest BCUT2D eigenvalue weighted by Crippen LogP contribution is 2.26. The minimum Gasteiger partial charge on any atom is -0.434 e. The van der Waals surface area contributed by atoms with Crippen molar-refractivity contribution in [3.63, 3.8) is 0 Å². The molecule has 0 aliphatic carbocycles. The van der Waals surface area contributed by atoms with Crippen LogP contribution < -0.4 is 9.47 Å². The molecule has 21 heavy (non-hydrogen) atoms. The van der Waals surface area contributed by atoms with Gasteiger partial charge in [-0.2, -0.15) is 0 Å². The molecular formula is C11H12N4O6. The van der Waals surface area contributed by atoms with Crippen molar-refractivity contribution in [3.8, 4) is 11.8 Å². The van der Waals surface area contributed by atoms with Gasteiger partial charge in [-0.1, -0.05) is 0 Å². The maximum Gasteiger partial charge on any atom is 0.515 e. The second-order valence-corrected chi connectivity index (χ2v) is 3.51. The van der Waals surface area contributed by atoms with Crippen molar-refractivity contribution in [2.45, 2.75) is 13.8 Å². The molecule has 0 bridgehead atoms. The maximum absolute atomic E-state index is 11.3. The van der Waals surface area contributed by atoms with Crippen molar-refractivity contribution >= 4 is 23.3 Å². The molecule has 0 amide bonds. The first-order valence-electron chi connectivity index (χ1n) is 6.04. The van der Waals surface area contributed by atoms with E-state index in [9.17, 15) is 9.59 Å². The molecule has 112 valence electrons. The van der Waals surface area contributed by atoms with Gasteiger partial charge in [0.05, 0.1) is 19.5 Å². The van der Waals surface area contributed by atoms with E-state index in [1.165, 1.54) is 6.33 Å². The monoisotopic (exact) mass is 296 g/mol. The Kier molecular flexibility index (Phi) is 4.49. The van der Waals surface area contributed by atoms with E-state index in [1.54, 1.807) is 13.8 Å². The zero-order valence-electron chi connectivity index (χ0n) is 11.3. The van der Waals surface area contributed by atoms with Crippen molar-refractivity contribution < 1.29 is 28.5 Å². The number of imidazole rings is 1. The number of rotatable bonds is 4. The van der Waals surface area contributed by atoms with Gasteiger partial charge < -0.3 is 23.9 Å². The summed E-state index contributed by atoms with van der Waals surface area (Å²) in [6.07, 6.45) is -0.554. The van der Waals surface area contributed by atoms with Crippen LogP contribution in [0.25, 0.3) is 11.0 Å². The Bertz CT molecular complexity index is 601. The molecule has 2 rings (SSSR count). The molecule has 1 N–H and O–H groups in total. The highest BCUT2D eigenvalue weighted by molar-refractivity contribution is 5.86. The molecule has 10 nitrogen and oxygen atoms in total. The lowest BCUT2D eigenvalue weighted by atomic mass is 10.4. The molecule has 0 fully saturated rings. The first kappa shape index (κ1) is 14.5. The fourth-order valence-electron chi connectivity index (χ4n) is 1.40. The summed E-state index contributed by atoms with van der Waals surface area (Å²) in [7, 11) is 0. The SMILES string of the molecule is CCOC(=O)Oc1nnc(OC(=O)OCC)c2[nH]cnc12. The van der Waals surface area contributed by atoms with Crippen molar-refractivity contribution in [2.24, 2.45) is 0 Å². The summed E-state index contributed by atoms with van der Waals surface area (Å²) in [5.41, 5.74) is 0.398. The predicted octanol–water partition coefficient (Wildman–Crippen LogP) is 1.42. The summed E-state index contributed by atoms with van der Waals surface area (Å²) >= 11 is 0. The van der Waals surface area contributed by atoms with E-state index in [0.29, 0.717) is 0 Å². The molecule has 0 aliphatic heterocycles. The lowest BCUT2D eigenvalue weighted by Crippen LogP contribution is -2.14. The van der Waals surface area contributed by atoms with Crippen LogP contribution in [0.3, 0.4) is 0 Å². The van der Waals surface area contributed by atoms with Gasteiger partial charge in [-0.15, -0.1) is 10.2 Å². The fourth-order valence-corrected chi connectivity index (χ4v) is 1.40. The topological polar surface area (TPSA) is 126 Å². The third-order valence-electron chi connectivity index (χ3n) is 2.17. The Hall–Kier alpha value is -2.91. The van der Waals surface area contributed by atoms with Gasteiger partial charge in [-0.05, 0) is 13.8 Å². The lowest BCUT2D eigenvalue weighted by Gasteiger charge is -2.05. The Morgan fingerprint density at radius 2 is 1.62 bits per heavy atom. The minimum atomic E-state index is -0.935. The fraction of sp³-hybridized carbons (Fsp3) is 0.364. The number of aromatic amines is 1. The summed E-state index contributed by atoms with van der Waals surface area (Å²) in [5, 5.41) is 7.26. The number of H-pyrrole nitrogens is 1. The molecule has 0 unspecified atom stereocenters. The Morgan fingerprint density at radius 1 is 1.05 bits per heavy atom. The van der Waals surface area contributed by atoms with Gasteiger partial charge >= 0.3 is 12.3 Å². The minimum absolute atomic E-state index is 0.142. The van der Waals surface area contributed by atoms with Gasteiger partial charge in [0.2, 0.25) is 0 Å². The van der Waals surface area contributed by atoms with Crippen molar-refractivity contribution in [3.05, 3.63) is 6.33 Å². The highest BCUT2D eigenvalue weighted by atomic mass is 16.7. The summed E-state index contributed by atoms with van der Waals surface area (Å²) in [6.45, 7) is 3.57. The van der Waals surface area contributed by atoms with Gasteiger partial charge in [0.1, 0.15) is 5.52 Å². The van der Waals surface area contributed by atoms with Crippen molar-refractivity contribution in [1.29, 1.82) is 0 Å². The molecule has 0 saturated heterocycles. The van der Waals surface area contributed by atoms with Gasteiger partial charge in [-0.3, -0.25) is 0 Å². The van der Waals surface area contributed by atoms with Crippen molar-refractivity contribution in [2.75, 3.05) is 13.2 Å². The molecule has 2 aromatic heterocycles. The number of ether oxygens (including phenoxy) is 4. The standard InChI is InChI=1S/C11H12N4O6/c1-3-18-10(16)20-8-6-7(13-5-12-6)9(15-14-8)21-11(17)19-4-2/h5H,3-4H2,1-2H3,(H,12,13).